The Morgan fingerprint density at radius 1 is 0.411 bits per heavy atom. The molecule has 95 heavy (non-hydrogen) atoms. The Bertz CT molecular complexity index is 3460. The molecular formula is C81H100N4O8SSe. The molecule has 0 unspecified atom stereocenters. The molecule has 0 bridgehead atoms. The van der Waals surface area contributed by atoms with E-state index >= 15 is 4.79 Å². The van der Waals surface area contributed by atoms with Gasteiger partial charge in [-0.15, -0.1) is 0 Å². The van der Waals surface area contributed by atoms with E-state index in [0.717, 1.165) is 55.6 Å². The van der Waals surface area contributed by atoms with E-state index in [4.69, 9.17) is 9.47 Å². The summed E-state index contributed by atoms with van der Waals surface area (Å²) in [5.74, 6) is -1.98. The summed E-state index contributed by atoms with van der Waals surface area (Å²) in [6.07, 6.45) is 0. The van der Waals surface area contributed by atoms with Crippen molar-refractivity contribution >= 4 is 59.6 Å². The summed E-state index contributed by atoms with van der Waals surface area (Å²) in [5, 5.41) is 11.3. The second-order valence-electron chi connectivity index (χ2n) is 27.3. The number of hydrogen-bond acceptors (Lipinski definition) is 9. The Hall–Kier alpha value is -7.77. The van der Waals surface area contributed by atoms with E-state index in [1.165, 1.54) is 75.8 Å². The molecule has 504 valence electrons. The van der Waals surface area contributed by atoms with Gasteiger partial charge in [0.1, 0.15) is 0 Å². The number of benzene rings is 7. The number of carbonyl (C=O) groups is 6. The summed E-state index contributed by atoms with van der Waals surface area (Å²) < 4.78 is 9.77. The number of hydrogen-bond donors (Lipinski definition) is 4. The van der Waals surface area contributed by atoms with Crippen LogP contribution in [0.15, 0.2) is 127 Å². The molecule has 0 radical (unpaired) electrons. The molecule has 7 aromatic rings. The molecule has 7 aromatic carbocycles. The molecule has 0 aromatic heterocycles. The van der Waals surface area contributed by atoms with Gasteiger partial charge in [-0.25, -0.2) is 0 Å². The van der Waals surface area contributed by atoms with Crippen LogP contribution in [0.4, 0.5) is 0 Å². The van der Waals surface area contributed by atoms with Gasteiger partial charge in [-0.3, -0.25) is 0 Å². The summed E-state index contributed by atoms with van der Waals surface area (Å²) in [6, 6.07) is 44.1. The zero-order valence-electron chi connectivity index (χ0n) is 59.3. The average molecular weight is 1370 g/mol. The summed E-state index contributed by atoms with van der Waals surface area (Å²) in [5.41, 5.74) is 21.6. The Labute approximate surface area is 575 Å². The topological polar surface area (TPSA) is 169 Å². The van der Waals surface area contributed by atoms with Crippen molar-refractivity contribution in [2.75, 3.05) is 33.1 Å². The molecule has 0 saturated heterocycles. The normalized spacial score (nSPS) is 12.3. The first-order valence-corrected chi connectivity index (χ1v) is 37.8. The van der Waals surface area contributed by atoms with E-state index in [1.807, 2.05) is 18.2 Å². The second-order valence-corrected chi connectivity index (χ2v) is 31.7. The minimum atomic E-state index is -1.22. The molecule has 14 heteroatoms. The maximum atomic E-state index is 16.7. The van der Waals surface area contributed by atoms with Crippen LogP contribution < -0.4 is 21.3 Å². The zero-order valence-corrected chi connectivity index (χ0v) is 61.8. The number of carbonyl (C=O) groups excluding carboxylic acids is 6. The Morgan fingerprint density at radius 2 is 0.737 bits per heavy atom. The first-order chi connectivity index (χ1) is 45.1. The minimum absolute atomic E-state index is 0.103. The monoisotopic (exact) mass is 1370 g/mol. The number of nitrogens with one attached hydrogen (secondary N) is 4. The molecule has 7 rings (SSSR count). The molecule has 2 atom stereocenters. The van der Waals surface area contributed by atoms with Crippen LogP contribution in [0.25, 0.3) is 66.8 Å². The Balaban J connectivity index is 1.63. The predicted octanol–water partition coefficient (Wildman–Crippen LogP) is 17.6. The first-order valence-electron chi connectivity index (χ1n) is 33.6. The summed E-state index contributed by atoms with van der Waals surface area (Å²) >= 11 is -0.506. The number of ether oxygens (including phenoxy) is 2. The van der Waals surface area contributed by atoms with E-state index in [2.05, 4.69) is 241 Å². The van der Waals surface area contributed by atoms with Crippen molar-refractivity contribution in [2.24, 2.45) is 0 Å². The van der Waals surface area contributed by atoms with Crippen molar-refractivity contribution < 1.29 is 38.2 Å². The average Bonchev–Trinajstić information content (AvgIpc) is 0.755. The zero-order chi connectivity index (χ0) is 69.7. The van der Waals surface area contributed by atoms with Gasteiger partial charge in [0.25, 0.3) is 0 Å². The van der Waals surface area contributed by atoms with Crippen LogP contribution in [-0.4, -0.2) is 94.5 Å². The molecule has 0 fully saturated rings. The van der Waals surface area contributed by atoms with Crippen LogP contribution in [0.2, 0.25) is 5.32 Å². The molecule has 0 aliphatic heterocycles. The maximum absolute atomic E-state index is 16.7. The van der Waals surface area contributed by atoms with Gasteiger partial charge in [-0.1, -0.05) is 135 Å². The van der Waals surface area contributed by atoms with Crippen LogP contribution in [-0.2, 0) is 33.4 Å². The van der Waals surface area contributed by atoms with E-state index in [9.17, 15) is 24.0 Å². The molecule has 0 aliphatic carbocycles. The number of rotatable bonds is 28. The molecule has 12 nitrogen and oxygen atoms in total. The molecule has 4 amide bonds. The third-order valence-electron chi connectivity index (χ3n) is 17.5. The fraction of sp³-hybridized carbons (Fsp3) is 0.407. The number of amides is 4. The van der Waals surface area contributed by atoms with Crippen LogP contribution in [0.5, 0.6) is 0 Å². The van der Waals surface area contributed by atoms with Crippen LogP contribution in [0.1, 0.15) is 220 Å². The third kappa shape index (κ3) is 18.2. The Morgan fingerprint density at radius 3 is 1.04 bits per heavy atom. The standard InChI is InChI=1S/C81H100N4O8SSe/c1-45(2)60-25-20-26-61(46(3)4)74(60)56-35-54(36-57(39-56)75-62(47(5)6)27-21-28-63(75)48(7)8)68-33-24-34-69(78(68)80(90)85-71(79(89)83-41-72(87)82-42-73(88)92-18)44-95-94-43-70(81(91)93-19)84-53(17)86)55-37-58(76-64(49(9)10)29-22-30-65(76)50(11)12)40-59(38-55)77-66(51(13)14)31-23-32-67(77)52(15)16/h20-40,45-52,70-71H,41-44H2,1-19H3,(H,82,87)(H,83,89)(H,84,86)(H,85,90)/t70-,71-/m0/s1. The van der Waals surface area contributed by atoms with Gasteiger partial charge < -0.3 is 0 Å². The van der Waals surface area contributed by atoms with Crippen molar-refractivity contribution in [1.29, 1.82) is 0 Å². The van der Waals surface area contributed by atoms with E-state index in [-0.39, 0.29) is 58.4 Å². The molecule has 0 heterocycles. The van der Waals surface area contributed by atoms with Gasteiger partial charge in [-0.2, -0.15) is 0 Å². The first kappa shape index (κ1) is 74.6. The molecule has 0 aliphatic rings. The quantitative estimate of drug-likeness (QED) is 0.0212. The van der Waals surface area contributed by atoms with E-state index in [1.54, 1.807) is 0 Å². The van der Waals surface area contributed by atoms with Gasteiger partial charge >= 0.3 is 444 Å². The van der Waals surface area contributed by atoms with Crippen molar-refractivity contribution in [3.05, 3.63) is 177 Å². The van der Waals surface area contributed by atoms with Crippen molar-refractivity contribution in [1.82, 2.24) is 21.3 Å². The van der Waals surface area contributed by atoms with Crippen LogP contribution >= 0.6 is 10.2 Å². The third-order valence-corrected chi connectivity index (χ3v) is 21.8. The molecule has 0 spiro atoms. The SMILES string of the molecule is COC(=O)CNC(=O)CNC(=O)[C@H](C[Se]SC[C@H](NC(C)=O)C(=O)OC)NC(=O)c1c(-c2cc(-c3c(C(C)C)cccc3C(C)C)cc(-c3c(C(C)C)cccc3C(C)C)c2)cccc1-c1cc(-c2c(C(C)C)cccc2C(C)C)cc(-c2c(C(C)C)cccc2C(C)C)c1. The van der Waals surface area contributed by atoms with Crippen LogP contribution in [0.3, 0.4) is 0 Å². The van der Waals surface area contributed by atoms with E-state index < -0.39 is 74.6 Å². The fourth-order valence-electron chi connectivity index (χ4n) is 12.8. The molecular weight excluding hydrogens is 1270 g/mol. The summed E-state index contributed by atoms with van der Waals surface area (Å²) in [6.45, 7) is 36.2. The van der Waals surface area contributed by atoms with Crippen molar-refractivity contribution in [3.8, 4) is 66.8 Å². The number of esters is 2. The molecule has 4 N–H and O–H groups in total. The second kappa shape index (κ2) is 33.8. The van der Waals surface area contributed by atoms with Gasteiger partial charge in [-0.05, 0) is 0 Å². The predicted molar refractivity (Wildman–Crippen MR) is 394 cm³/mol. The van der Waals surface area contributed by atoms with E-state index in [0.29, 0.717) is 16.7 Å². The van der Waals surface area contributed by atoms with Crippen molar-refractivity contribution in [3.63, 3.8) is 0 Å². The number of methoxy groups -OCH3 is 2. The van der Waals surface area contributed by atoms with Gasteiger partial charge in [0, 0.05) is 0 Å². The van der Waals surface area contributed by atoms with Gasteiger partial charge in [0.15, 0.2) is 0 Å². The molecule has 0 saturated carbocycles. The summed E-state index contributed by atoms with van der Waals surface area (Å²) in [4.78, 5) is 82.1. The Kier molecular flexibility index (Phi) is 26.5. The fourth-order valence-corrected chi connectivity index (χ4v) is 16.9. The van der Waals surface area contributed by atoms with Gasteiger partial charge in [0.05, 0.1) is 0 Å². The van der Waals surface area contributed by atoms with Gasteiger partial charge in [0.2, 0.25) is 0 Å². The van der Waals surface area contributed by atoms with Crippen molar-refractivity contribution in [2.45, 2.75) is 182 Å². The van der Waals surface area contributed by atoms with Crippen LogP contribution in [0, 0.1) is 0 Å². The summed E-state index contributed by atoms with van der Waals surface area (Å²) in [7, 11) is 3.83.